The molecule has 2 aromatic carbocycles. The van der Waals surface area contributed by atoms with E-state index in [4.69, 9.17) is 4.74 Å². The van der Waals surface area contributed by atoms with E-state index < -0.39 is 6.04 Å². The molecule has 2 amide bonds. The van der Waals surface area contributed by atoms with Gasteiger partial charge in [-0.15, -0.1) is 0 Å². The van der Waals surface area contributed by atoms with Crippen LogP contribution in [0.25, 0.3) is 0 Å². The molecule has 1 N–H and O–H groups in total. The van der Waals surface area contributed by atoms with Gasteiger partial charge in [0, 0.05) is 12.6 Å². The van der Waals surface area contributed by atoms with E-state index in [2.05, 4.69) is 5.32 Å². The Morgan fingerprint density at radius 3 is 2.38 bits per heavy atom. The van der Waals surface area contributed by atoms with Gasteiger partial charge in [-0.1, -0.05) is 48.9 Å². The van der Waals surface area contributed by atoms with Crippen molar-refractivity contribution < 1.29 is 14.3 Å². The van der Waals surface area contributed by atoms with Crippen molar-refractivity contribution >= 4 is 11.8 Å². The van der Waals surface area contributed by atoms with Gasteiger partial charge in [-0.25, -0.2) is 0 Å². The van der Waals surface area contributed by atoms with Crippen LogP contribution in [0.3, 0.4) is 0 Å². The summed E-state index contributed by atoms with van der Waals surface area (Å²) in [6, 6.07) is 15.0. The molecule has 0 saturated heterocycles. The second-order valence-electron chi connectivity index (χ2n) is 7.53. The maximum Gasteiger partial charge on any atom is 0.242 e. The van der Waals surface area contributed by atoms with Crippen LogP contribution in [0.1, 0.15) is 43.9 Å². The fraction of sp³-hybridized carbons (Fsp3) is 0.417. The van der Waals surface area contributed by atoms with Crippen LogP contribution in [-0.2, 0) is 22.6 Å². The molecule has 0 bridgehead atoms. The number of carbonyl (C=O) groups excluding carboxylic acids is 2. The summed E-state index contributed by atoms with van der Waals surface area (Å²) >= 11 is 0. The number of carbonyl (C=O) groups is 2. The summed E-state index contributed by atoms with van der Waals surface area (Å²) in [5.74, 6) is 0.508. The van der Waals surface area contributed by atoms with Crippen LogP contribution in [0.5, 0.6) is 5.75 Å². The SMILES string of the molecule is CC[C@H](C)NC(=O)[C@H](C)N(Cc1cccc(OC)c1)C(=O)Cc1ccc(C)cc1. The topological polar surface area (TPSA) is 58.6 Å². The predicted octanol–water partition coefficient (Wildman–Crippen LogP) is 3.88. The number of benzene rings is 2. The first-order valence-corrected chi connectivity index (χ1v) is 10.1. The van der Waals surface area contributed by atoms with E-state index in [1.54, 1.807) is 18.9 Å². The van der Waals surface area contributed by atoms with E-state index in [1.807, 2.05) is 69.3 Å². The van der Waals surface area contributed by atoms with Crippen molar-refractivity contribution in [3.63, 3.8) is 0 Å². The molecule has 29 heavy (non-hydrogen) atoms. The summed E-state index contributed by atoms with van der Waals surface area (Å²) in [7, 11) is 1.61. The summed E-state index contributed by atoms with van der Waals surface area (Å²) in [5.41, 5.74) is 3.01. The molecule has 0 heterocycles. The molecule has 0 aliphatic rings. The van der Waals surface area contributed by atoms with Gasteiger partial charge in [0.25, 0.3) is 0 Å². The minimum Gasteiger partial charge on any atom is -0.497 e. The Balaban J connectivity index is 2.23. The lowest BCUT2D eigenvalue weighted by Gasteiger charge is -2.30. The second-order valence-corrected chi connectivity index (χ2v) is 7.53. The summed E-state index contributed by atoms with van der Waals surface area (Å²) in [6.07, 6.45) is 1.09. The Labute approximate surface area is 174 Å². The van der Waals surface area contributed by atoms with Gasteiger partial charge in [-0.3, -0.25) is 9.59 Å². The van der Waals surface area contributed by atoms with Gasteiger partial charge >= 0.3 is 0 Å². The van der Waals surface area contributed by atoms with Gasteiger partial charge in [0.1, 0.15) is 11.8 Å². The summed E-state index contributed by atoms with van der Waals surface area (Å²) in [5, 5.41) is 2.99. The molecule has 2 rings (SSSR count). The minimum absolute atomic E-state index is 0.0656. The largest absolute Gasteiger partial charge is 0.497 e. The normalized spacial score (nSPS) is 12.7. The van der Waals surface area contributed by atoms with Gasteiger partial charge < -0.3 is 15.0 Å². The number of methoxy groups -OCH3 is 1. The summed E-state index contributed by atoms with van der Waals surface area (Å²) < 4.78 is 5.30. The van der Waals surface area contributed by atoms with E-state index >= 15 is 0 Å². The molecule has 0 fully saturated rings. The molecule has 156 valence electrons. The molecule has 0 aliphatic heterocycles. The number of rotatable bonds is 9. The Bertz CT molecular complexity index is 817. The summed E-state index contributed by atoms with van der Waals surface area (Å²) in [6.45, 7) is 8.13. The van der Waals surface area contributed by atoms with Crippen LogP contribution in [0.2, 0.25) is 0 Å². The standard InChI is InChI=1S/C24H32N2O3/c1-6-18(3)25-24(28)19(4)26(16-21-8-7-9-22(14-21)29-5)23(27)15-20-12-10-17(2)11-13-20/h7-14,18-19H,6,15-16H2,1-5H3,(H,25,28)/t18-,19-/m0/s1. The molecule has 2 atom stereocenters. The van der Waals surface area contributed by atoms with Crippen molar-refractivity contribution in [2.24, 2.45) is 0 Å². The Morgan fingerprint density at radius 2 is 1.76 bits per heavy atom. The van der Waals surface area contributed by atoms with Crippen molar-refractivity contribution in [1.29, 1.82) is 0 Å². The third kappa shape index (κ3) is 6.63. The van der Waals surface area contributed by atoms with E-state index in [9.17, 15) is 9.59 Å². The molecule has 0 saturated carbocycles. The van der Waals surface area contributed by atoms with Crippen molar-refractivity contribution in [1.82, 2.24) is 10.2 Å². The van der Waals surface area contributed by atoms with Crippen LogP contribution < -0.4 is 10.1 Å². The minimum atomic E-state index is -0.576. The number of hydrogen-bond acceptors (Lipinski definition) is 3. The molecular formula is C24H32N2O3. The van der Waals surface area contributed by atoms with Crippen LogP contribution in [-0.4, -0.2) is 35.9 Å². The van der Waals surface area contributed by atoms with E-state index in [1.165, 1.54) is 0 Å². The highest BCUT2D eigenvalue weighted by Gasteiger charge is 2.27. The number of amides is 2. The van der Waals surface area contributed by atoms with Gasteiger partial charge in [0.05, 0.1) is 13.5 Å². The molecule has 0 spiro atoms. The zero-order chi connectivity index (χ0) is 21.4. The zero-order valence-corrected chi connectivity index (χ0v) is 18.1. The quantitative estimate of drug-likeness (QED) is 0.700. The zero-order valence-electron chi connectivity index (χ0n) is 18.1. The van der Waals surface area contributed by atoms with Gasteiger partial charge in [-0.2, -0.15) is 0 Å². The smallest absolute Gasteiger partial charge is 0.242 e. The number of nitrogens with zero attached hydrogens (tertiary/aromatic N) is 1. The number of ether oxygens (including phenoxy) is 1. The van der Waals surface area contributed by atoms with E-state index in [-0.39, 0.29) is 24.3 Å². The summed E-state index contributed by atoms with van der Waals surface area (Å²) in [4.78, 5) is 27.6. The maximum atomic E-state index is 13.2. The lowest BCUT2D eigenvalue weighted by Crippen LogP contribution is -2.49. The molecule has 0 unspecified atom stereocenters. The fourth-order valence-corrected chi connectivity index (χ4v) is 3.00. The molecule has 5 heteroatoms. The van der Waals surface area contributed by atoms with Crippen LogP contribution in [0.4, 0.5) is 0 Å². The molecule has 0 radical (unpaired) electrons. The average Bonchev–Trinajstić information content (AvgIpc) is 2.73. The van der Waals surface area contributed by atoms with Gasteiger partial charge in [0.2, 0.25) is 11.8 Å². The van der Waals surface area contributed by atoms with Crippen molar-refractivity contribution in [2.45, 2.75) is 59.2 Å². The highest BCUT2D eigenvalue weighted by atomic mass is 16.5. The first-order valence-electron chi connectivity index (χ1n) is 10.1. The number of hydrogen-bond donors (Lipinski definition) is 1. The Kier molecular flexibility index (Phi) is 8.25. The Morgan fingerprint density at radius 1 is 1.07 bits per heavy atom. The number of aryl methyl sites for hydroxylation is 1. The third-order valence-corrected chi connectivity index (χ3v) is 5.13. The lowest BCUT2D eigenvalue weighted by atomic mass is 10.1. The van der Waals surface area contributed by atoms with Crippen LogP contribution >= 0.6 is 0 Å². The number of nitrogens with one attached hydrogen (secondary N) is 1. The predicted molar refractivity (Wildman–Crippen MR) is 116 cm³/mol. The van der Waals surface area contributed by atoms with Crippen molar-refractivity contribution in [3.8, 4) is 5.75 Å². The van der Waals surface area contributed by atoms with E-state index in [0.29, 0.717) is 6.54 Å². The first-order chi connectivity index (χ1) is 13.8. The van der Waals surface area contributed by atoms with Crippen LogP contribution in [0.15, 0.2) is 48.5 Å². The highest BCUT2D eigenvalue weighted by molar-refractivity contribution is 5.88. The maximum absolute atomic E-state index is 13.2. The molecular weight excluding hydrogens is 364 g/mol. The second kappa shape index (κ2) is 10.6. The molecule has 2 aromatic rings. The van der Waals surface area contributed by atoms with Crippen molar-refractivity contribution in [2.75, 3.05) is 7.11 Å². The Hall–Kier alpha value is -2.82. The average molecular weight is 397 g/mol. The first kappa shape index (κ1) is 22.5. The van der Waals surface area contributed by atoms with Crippen molar-refractivity contribution in [3.05, 3.63) is 65.2 Å². The monoisotopic (exact) mass is 396 g/mol. The molecule has 0 aromatic heterocycles. The lowest BCUT2D eigenvalue weighted by molar-refractivity contribution is -0.140. The molecule has 5 nitrogen and oxygen atoms in total. The van der Waals surface area contributed by atoms with Crippen LogP contribution in [0, 0.1) is 6.92 Å². The highest BCUT2D eigenvalue weighted by Crippen LogP contribution is 2.17. The molecule has 0 aliphatic carbocycles. The van der Waals surface area contributed by atoms with Gasteiger partial charge in [-0.05, 0) is 50.5 Å². The fourth-order valence-electron chi connectivity index (χ4n) is 3.00. The van der Waals surface area contributed by atoms with Gasteiger partial charge in [0.15, 0.2) is 0 Å². The third-order valence-electron chi connectivity index (χ3n) is 5.13. The van der Waals surface area contributed by atoms with E-state index in [0.717, 1.165) is 28.9 Å².